The summed E-state index contributed by atoms with van der Waals surface area (Å²) in [6.07, 6.45) is 1.98. The third-order valence-corrected chi connectivity index (χ3v) is 3.05. The second-order valence-corrected chi connectivity index (χ2v) is 4.70. The molecule has 0 heterocycles. The Morgan fingerprint density at radius 3 is 2.59 bits per heavy atom. The summed E-state index contributed by atoms with van der Waals surface area (Å²) in [4.78, 5) is 0. The van der Waals surface area contributed by atoms with Crippen LogP contribution in [0.5, 0.6) is 5.75 Å². The molecule has 0 spiro atoms. The standard InChI is InChI=1S/C14H22FNO/c1-10(7-11(2)16-3)8-12-5-6-14(17-4)13(15)9-12/h5-6,9-11,16H,7-8H2,1-4H3. The van der Waals surface area contributed by atoms with Gasteiger partial charge in [-0.15, -0.1) is 0 Å². The molecular weight excluding hydrogens is 217 g/mol. The first-order chi connectivity index (χ1) is 8.06. The molecule has 1 aromatic carbocycles. The molecule has 2 atom stereocenters. The van der Waals surface area contributed by atoms with Crippen LogP contribution in [0, 0.1) is 11.7 Å². The summed E-state index contributed by atoms with van der Waals surface area (Å²) in [5, 5.41) is 3.22. The summed E-state index contributed by atoms with van der Waals surface area (Å²) < 4.78 is 18.4. The maximum absolute atomic E-state index is 13.5. The van der Waals surface area contributed by atoms with Gasteiger partial charge in [0.15, 0.2) is 11.6 Å². The minimum Gasteiger partial charge on any atom is -0.494 e. The average Bonchev–Trinajstić information content (AvgIpc) is 2.29. The van der Waals surface area contributed by atoms with E-state index < -0.39 is 0 Å². The molecule has 0 aromatic heterocycles. The molecule has 1 aromatic rings. The quantitative estimate of drug-likeness (QED) is 0.824. The van der Waals surface area contributed by atoms with Crippen LogP contribution in [0.4, 0.5) is 4.39 Å². The Morgan fingerprint density at radius 1 is 1.35 bits per heavy atom. The fraction of sp³-hybridized carbons (Fsp3) is 0.571. The smallest absolute Gasteiger partial charge is 0.165 e. The molecule has 0 aliphatic carbocycles. The molecule has 0 saturated carbocycles. The van der Waals surface area contributed by atoms with Crippen molar-refractivity contribution in [1.29, 1.82) is 0 Å². The van der Waals surface area contributed by atoms with Crippen LogP contribution in [-0.2, 0) is 6.42 Å². The highest BCUT2D eigenvalue weighted by atomic mass is 19.1. The molecule has 0 bridgehead atoms. The van der Waals surface area contributed by atoms with Crippen LogP contribution in [-0.4, -0.2) is 20.2 Å². The summed E-state index contributed by atoms with van der Waals surface area (Å²) in [7, 11) is 3.44. The highest BCUT2D eigenvalue weighted by Gasteiger charge is 2.10. The first kappa shape index (κ1) is 14.0. The lowest BCUT2D eigenvalue weighted by atomic mass is 9.95. The van der Waals surface area contributed by atoms with Crippen molar-refractivity contribution in [3.05, 3.63) is 29.6 Å². The zero-order valence-corrected chi connectivity index (χ0v) is 11.1. The zero-order valence-electron chi connectivity index (χ0n) is 11.1. The number of ether oxygens (including phenoxy) is 1. The van der Waals surface area contributed by atoms with Gasteiger partial charge in [0.05, 0.1) is 7.11 Å². The number of halogens is 1. The Kier molecular flexibility index (Phi) is 5.42. The van der Waals surface area contributed by atoms with Gasteiger partial charge in [0, 0.05) is 6.04 Å². The second kappa shape index (κ2) is 6.60. The molecule has 1 N–H and O–H groups in total. The van der Waals surface area contributed by atoms with Crippen LogP contribution in [0.25, 0.3) is 0 Å². The lowest BCUT2D eigenvalue weighted by Crippen LogP contribution is -2.24. The summed E-state index contributed by atoms with van der Waals surface area (Å²) >= 11 is 0. The van der Waals surface area contributed by atoms with Crippen molar-refractivity contribution >= 4 is 0 Å². The van der Waals surface area contributed by atoms with E-state index in [4.69, 9.17) is 4.74 Å². The van der Waals surface area contributed by atoms with E-state index in [1.54, 1.807) is 12.1 Å². The third kappa shape index (κ3) is 4.35. The van der Waals surface area contributed by atoms with Crippen LogP contribution in [0.15, 0.2) is 18.2 Å². The van der Waals surface area contributed by atoms with Crippen LogP contribution < -0.4 is 10.1 Å². The average molecular weight is 239 g/mol. The van der Waals surface area contributed by atoms with E-state index in [0.29, 0.717) is 17.7 Å². The van der Waals surface area contributed by atoms with E-state index in [1.165, 1.54) is 7.11 Å². The Hall–Kier alpha value is -1.09. The molecule has 0 fully saturated rings. The monoisotopic (exact) mass is 239 g/mol. The molecule has 3 heteroatoms. The topological polar surface area (TPSA) is 21.3 Å². The fourth-order valence-electron chi connectivity index (χ4n) is 2.04. The lowest BCUT2D eigenvalue weighted by molar-refractivity contribution is 0.385. The number of benzene rings is 1. The molecule has 0 aliphatic rings. The first-order valence-electron chi connectivity index (χ1n) is 6.06. The van der Waals surface area contributed by atoms with Gasteiger partial charge in [-0.2, -0.15) is 0 Å². The fourth-order valence-corrected chi connectivity index (χ4v) is 2.04. The molecule has 0 radical (unpaired) electrons. The lowest BCUT2D eigenvalue weighted by Gasteiger charge is -2.17. The van der Waals surface area contributed by atoms with Gasteiger partial charge >= 0.3 is 0 Å². The number of hydrogen-bond donors (Lipinski definition) is 1. The number of nitrogens with one attached hydrogen (secondary N) is 1. The van der Waals surface area contributed by atoms with Gasteiger partial charge in [-0.1, -0.05) is 13.0 Å². The van der Waals surface area contributed by atoms with Crippen molar-refractivity contribution in [1.82, 2.24) is 5.32 Å². The Bertz CT molecular complexity index is 354. The van der Waals surface area contributed by atoms with Crippen LogP contribution in [0.1, 0.15) is 25.8 Å². The summed E-state index contributed by atoms with van der Waals surface area (Å²) in [5.74, 6) is 0.564. The highest BCUT2D eigenvalue weighted by molar-refractivity contribution is 5.29. The molecule has 0 saturated heterocycles. The molecular formula is C14H22FNO. The molecule has 0 amide bonds. The van der Waals surface area contributed by atoms with Gasteiger partial charge in [-0.3, -0.25) is 0 Å². The molecule has 2 nitrogen and oxygen atoms in total. The Balaban J connectivity index is 2.59. The summed E-state index contributed by atoms with van der Waals surface area (Å²) in [5.41, 5.74) is 1.03. The van der Waals surface area contributed by atoms with E-state index in [1.807, 2.05) is 13.1 Å². The Morgan fingerprint density at radius 2 is 2.06 bits per heavy atom. The largest absolute Gasteiger partial charge is 0.494 e. The predicted molar refractivity (Wildman–Crippen MR) is 69.0 cm³/mol. The maximum Gasteiger partial charge on any atom is 0.165 e. The summed E-state index contributed by atoms with van der Waals surface area (Å²) in [6.45, 7) is 4.35. The van der Waals surface area contributed by atoms with Crippen LogP contribution in [0.3, 0.4) is 0 Å². The van der Waals surface area contributed by atoms with Gasteiger partial charge in [0.2, 0.25) is 0 Å². The molecule has 17 heavy (non-hydrogen) atoms. The van der Waals surface area contributed by atoms with Crippen molar-refractivity contribution in [2.45, 2.75) is 32.7 Å². The van der Waals surface area contributed by atoms with Crippen molar-refractivity contribution in [3.63, 3.8) is 0 Å². The van der Waals surface area contributed by atoms with Crippen LogP contribution in [0.2, 0.25) is 0 Å². The van der Waals surface area contributed by atoms with Crippen molar-refractivity contribution in [2.24, 2.45) is 5.92 Å². The van der Waals surface area contributed by atoms with Gasteiger partial charge in [0.1, 0.15) is 0 Å². The number of rotatable bonds is 6. The van der Waals surface area contributed by atoms with Gasteiger partial charge in [-0.05, 0) is 50.4 Å². The second-order valence-electron chi connectivity index (χ2n) is 4.70. The number of hydrogen-bond acceptors (Lipinski definition) is 2. The zero-order chi connectivity index (χ0) is 12.8. The van der Waals surface area contributed by atoms with Gasteiger partial charge < -0.3 is 10.1 Å². The predicted octanol–water partition coefficient (Wildman–Crippen LogP) is 3.01. The normalized spacial score (nSPS) is 14.4. The van der Waals surface area contributed by atoms with E-state index in [2.05, 4.69) is 19.2 Å². The van der Waals surface area contributed by atoms with Gasteiger partial charge in [0.25, 0.3) is 0 Å². The Labute approximate surface area is 103 Å². The maximum atomic E-state index is 13.5. The molecule has 0 aliphatic heterocycles. The summed E-state index contributed by atoms with van der Waals surface area (Å²) in [6, 6.07) is 5.69. The van der Waals surface area contributed by atoms with Crippen LogP contribution >= 0.6 is 0 Å². The van der Waals surface area contributed by atoms with E-state index >= 15 is 0 Å². The molecule has 1 rings (SSSR count). The van der Waals surface area contributed by atoms with E-state index in [9.17, 15) is 4.39 Å². The highest BCUT2D eigenvalue weighted by Crippen LogP contribution is 2.20. The van der Waals surface area contributed by atoms with Crippen molar-refractivity contribution in [2.75, 3.05) is 14.2 Å². The SMILES string of the molecule is CNC(C)CC(C)Cc1ccc(OC)c(F)c1. The minimum absolute atomic E-state index is 0.279. The third-order valence-electron chi connectivity index (χ3n) is 3.05. The van der Waals surface area contributed by atoms with Crippen molar-refractivity contribution in [3.8, 4) is 5.75 Å². The molecule has 96 valence electrons. The molecule has 2 unspecified atom stereocenters. The minimum atomic E-state index is -0.279. The van der Waals surface area contributed by atoms with Gasteiger partial charge in [-0.25, -0.2) is 4.39 Å². The number of methoxy groups -OCH3 is 1. The first-order valence-corrected chi connectivity index (χ1v) is 6.06. The van der Waals surface area contributed by atoms with E-state index in [-0.39, 0.29) is 5.82 Å². The van der Waals surface area contributed by atoms with E-state index in [0.717, 1.165) is 18.4 Å². The van der Waals surface area contributed by atoms with Crippen molar-refractivity contribution < 1.29 is 9.13 Å².